The van der Waals surface area contributed by atoms with Gasteiger partial charge in [0.15, 0.2) is 0 Å². The van der Waals surface area contributed by atoms with E-state index in [0.29, 0.717) is 17.2 Å². The van der Waals surface area contributed by atoms with Crippen molar-refractivity contribution in [3.63, 3.8) is 0 Å². The normalized spacial score (nSPS) is 10.8. The van der Waals surface area contributed by atoms with Gasteiger partial charge in [-0.1, -0.05) is 11.2 Å². The maximum absolute atomic E-state index is 9.19. The van der Waals surface area contributed by atoms with Gasteiger partial charge in [-0.2, -0.15) is 0 Å². The number of aryl methyl sites for hydroxylation is 1. The summed E-state index contributed by atoms with van der Waals surface area (Å²) in [5.74, 6) is 1.35. The van der Waals surface area contributed by atoms with E-state index in [2.05, 4.69) is 10.1 Å². The first-order valence-corrected chi connectivity index (χ1v) is 7.11. The minimum Gasteiger partial charge on any atom is -0.496 e. The van der Waals surface area contributed by atoms with Crippen molar-refractivity contribution < 1.29 is 19.4 Å². The number of oxime groups is 1. The number of aliphatic hydroxyl groups excluding tert-OH is 1. The molecule has 0 aliphatic heterocycles. The second-order valence-electron chi connectivity index (χ2n) is 4.85. The Labute approximate surface area is 135 Å². The molecule has 0 radical (unpaired) electrons. The van der Waals surface area contributed by atoms with Gasteiger partial charge in [0.05, 0.1) is 38.3 Å². The van der Waals surface area contributed by atoms with E-state index < -0.39 is 0 Å². The van der Waals surface area contributed by atoms with E-state index >= 15 is 0 Å². The lowest BCUT2D eigenvalue weighted by atomic mass is 10.2. The quantitative estimate of drug-likeness (QED) is 0.627. The molecular formula is C17H20N2O4. The first-order chi connectivity index (χ1) is 11.2. The molecular weight excluding hydrogens is 296 g/mol. The third-order valence-electron chi connectivity index (χ3n) is 3.21. The largest absolute Gasteiger partial charge is 0.496 e. The van der Waals surface area contributed by atoms with E-state index in [4.69, 9.17) is 14.3 Å². The molecule has 1 heterocycles. The van der Waals surface area contributed by atoms with Crippen molar-refractivity contribution in [3.05, 3.63) is 52.8 Å². The maximum atomic E-state index is 9.19. The molecule has 6 heteroatoms. The van der Waals surface area contributed by atoms with Gasteiger partial charge in [-0.3, -0.25) is 4.98 Å². The van der Waals surface area contributed by atoms with Gasteiger partial charge in [0.1, 0.15) is 18.1 Å². The highest BCUT2D eigenvalue weighted by Gasteiger charge is 2.10. The summed E-state index contributed by atoms with van der Waals surface area (Å²) in [4.78, 5) is 9.63. The van der Waals surface area contributed by atoms with Crippen molar-refractivity contribution in [2.45, 2.75) is 20.1 Å². The lowest BCUT2D eigenvalue weighted by molar-refractivity contribution is 0.127. The molecule has 0 aliphatic rings. The van der Waals surface area contributed by atoms with Crippen LogP contribution in [-0.4, -0.2) is 30.5 Å². The molecule has 23 heavy (non-hydrogen) atoms. The first-order valence-electron chi connectivity index (χ1n) is 7.11. The van der Waals surface area contributed by atoms with Crippen LogP contribution in [0, 0.1) is 6.92 Å². The molecule has 0 saturated carbocycles. The molecule has 0 fully saturated rings. The number of rotatable bonds is 7. The van der Waals surface area contributed by atoms with E-state index in [1.54, 1.807) is 20.3 Å². The minimum atomic E-state index is -0.0382. The van der Waals surface area contributed by atoms with Crippen molar-refractivity contribution in [2.24, 2.45) is 5.16 Å². The van der Waals surface area contributed by atoms with Crippen LogP contribution in [0.3, 0.4) is 0 Å². The van der Waals surface area contributed by atoms with Gasteiger partial charge >= 0.3 is 0 Å². The molecule has 0 amide bonds. The Morgan fingerprint density at radius 2 is 1.87 bits per heavy atom. The molecule has 1 aromatic carbocycles. The van der Waals surface area contributed by atoms with Crippen LogP contribution >= 0.6 is 0 Å². The highest BCUT2D eigenvalue weighted by atomic mass is 16.6. The fourth-order valence-corrected chi connectivity index (χ4v) is 2.19. The minimum absolute atomic E-state index is 0.0382. The van der Waals surface area contributed by atoms with Crippen LogP contribution in [0.25, 0.3) is 0 Å². The molecule has 0 saturated heterocycles. The van der Waals surface area contributed by atoms with Crippen LogP contribution in [-0.2, 0) is 18.1 Å². The predicted molar refractivity (Wildman–Crippen MR) is 86.8 cm³/mol. The molecule has 2 aromatic rings. The third-order valence-corrected chi connectivity index (χ3v) is 3.21. The Bertz CT molecular complexity index is 664. The van der Waals surface area contributed by atoms with E-state index in [1.807, 2.05) is 31.2 Å². The molecule has 0 atom stereocenters. The summed E-state index contributed by atoms with van der Waals surface area (Å²) in [6.45, 7) is 2.03. The summed E-state index contributed by atoms with van der Waals surface area (Å²) in [5, 5.41) is 13.1. The molecule has 0 aliphatic carbocycles. The highest BCUT2D eigenvalue weighted by Crippen LogP contribution is 2.28. The number of methoxy groups -OCH3 is 2. The van der Waals surface area contributed by atoms with Crippen LogP contribution in [0.5, 0.6) is 11.5 Å². The Balaban J connectivity index is 2.06. The van der Waals surface area contributed by atoms with Gasteiger partial charge in [-0.25, -0.2) is 0 Å². The molecule has 6 nitrogen and oxygen atoms in total. The monoisotopic (exact) mass is 316 g/mol. The van der Waals surface area contributed by atoms with Crippen molar-refractivity contribution in [1.29, 1.82) is 0 Å². The van der Waals surface area contributed by atoms with Gasteiger partial charge < -0.3 is 19.4 Å². The zero-order chi connectivity index (χ0) is 16.7. The number of hydrogen-bond donors (Lipinski definition) is 1. The van der Waals surface area contributed by atoms with Crippen LogP contribution in [0.1, 0.15) is 22.5 Å². The fourth-order valence-electron chi connectivity index (χ4n) is 2.19. The Morgan fingerprint density at radius 3 is 2.48 bits per heavy atom. The van der Waals surface area contributed by atoms with Gasteiger partial charge in [0, 0.05) is 5.69 Å². The summed E-state index contributed by atoms with van der Waals surface area (Å²) in [6.07, 6.45) is 1.51. The zero-order valence-electron chi connectivity index (χ0n) is 13.4. The van der Waals surface area contributed by atoms with Crippen LogP contribution in [0.15, 0.2) is 35.5 Å². The number of benzene rings is 1. The summed E-state index contributed by atoms with van der Waals surface area (Å²) in [7, 11) is 3.18. The standard InChI is InChI=1S/C17H20N2O4/c1-12-7-13(10-20)8-14(19-12)9-18-23-11-15-16(21-2)5-4-6-17(15)22-3/h4-9,20H,10-11H2,1-3H3/b18-9+. The topological polar surface area (TPSA) is 73.2 Å². The van der Waals surface area contributed by atoms with Crippen molar-refractivity contribution in [3.8, 4) is 11.5 Å². The Hall–Kier alpha value is -2.60. The zero-order valence-corrected chi connectivity index (χ0v) is 13.4. The van der Waals surface area contributed by atoms with Gasteiger partial charge in [0.2, 0.25) is 0 Å². The molecule has 0 spiro atoms. The predicted octanol–water partition coefficient (Wildman–Crippen LogP) is 2.45. The third kappa shape index (κ3) is 4.43. The summed E-state index contributed by atoms with van der Waals surface area (Å²) in [5.41, 5.74) is 3.00. The number of aromatic nitrogens is 1. The van der Waals surface area contributed by atoms with Gasteiger partial charge in [-0.05, 0) is 36.8 Å². The fraction of sp³-hybridized carbons (Fsp3) is 0.294. The molecule has 2 rings (SSSR count). The summed E-state index contributed by atoms with van der Waals surface area (Å²) >= 11 is 0. The van der Waals surface area contributed by atoms with Crippen molar-refractivity contribution in [2.75, 3.05) is 14.2 Å². The lowest BCUT2D eigenvalue weighted by Crippen LogP contribution is -1.99. The van der Waals surface area contributed by atoms with E-state index in [-0.39, 0.29) is 13.2 Å². The van der Waals surface area contributed by atoms with E-state index in [9.17, 15) is 5.11 Å². The Morgan fingerprint density at radius 1 is 1.17 bits per heavy atom. The molecule has 1 N–H and O–H groups in total. The lowest BCUT2D eigenvalue weighted by Gasteiger charge is -2.11. The van der Waals surface area contributed by atoms with Crippen LogP contribution < -0.4 is 9.47 Å². The SMILES string of the molecule is COc1cccc(OC)c1CO/N=C/c1cc(CO)cc(C)n1. The number of aliphatic hydroxyl groups is 1. The van der Waals surface area contributed by atoms with Crippen molar-refractivity contribution >= 4 is 6.21 Å². The molecule has 0 bridgehead atoms. The van der Waals surface area contributed by atoms with Crippen molar-refractivity contribution in [1.82, 2.24) is 4.98 Å². The average molecular weight is 316 g/mol. The number of hydrogen-bond acceptors (Lipinski definition) is 6. The first kappa shape index (κ1) is 16.8. The molecule has 0 unspecified atom stereocenters. The summed E-state index contributed by atoms with van der Waals surface area (Å²) in [6, 6.07) is 9.08. The van der Waals surface area contributed by atoms with E-state index in [1.165, 1.54) is 6.21 Å². The Kier molecular flexibility index (Phi) is 5.94. The number of ether oxygens (including phenoxy) is 2. The average Bonchev–Trinajstić information content (AvgIpc) is 2.57. The summed E-state index contributed by atoms with van der Waals surface area (Å²) < 4.78 is 10.6. The second kappa shape index (κ2) is 8.14. The second-order valence-corrected chi connectivity index (χ2v) is 4.85. The van der Waals surface area contributed by atoms with Gasteiger partial charge in [-0.15, -0.1) is 0 Å². The smallest absolute Gasteiger partial charge is 0.149 e. The van der Waals surface area contributed by atoms with E-state index in [0.717, 1.165) is 16.8 Å². The number of pyridine rings is 1. The number of nitrogens with zero attached hydrogens (tertiary/aromatic N) is 2. The molecule has 1 aromatic heterocycles. The highest BCUT2D eigenvalue weighted by molar-refractivity contribution is 5.76. The maximum Gasteiger partial charge on any atom is 0.149 e. The van der Waals surface area contributed by atoms with Gasteiger partial charge in [0.25, 0.3) is 0 Å². The molecule has 122 valence electrons. The van der Waals surface area contributed by atoms with Crippen LogP contribution in [0.4, 0.5) is 0 Å². The van der Waals surface area contributed by atoms with Crippen LogP contribution in [0.2, 0.25) is 0 Å².